The van der Waals surface area contributed by atoms with Crippen LogP contribution >= 0.6 is 0 Å². The summed E-state index contributed by atoms with van der Waals surface area (Å²) in [6.07, 6.45) is 2.44. The number of aromatic nitrogens is 1. The second-order valence-electron chi connectivity index (χ2n) is 10.9. The summed E-state index contributed by atoms with van der Waals surface area (Å²) in [5, 5.41) is 4.25. The molecule has 0 bridgehead atoms. The highest BCUT2D eigenvalue weighted by molar-refractivity contribution is 5.87. The number of hydrogen-bond donors (Lipinski definition) is 1. The minimum absolute atomic E-state index is 0.00278. The van der Waals surface area contributed by atoms with Gasteiger partial charge in [-0.05, 0) is 59.2 Å². The number of halogens is 1. The Balaban J connectivity index is 1.30. The lowest BCUT2D eigenvalue weighted by Gasteiger charge is -2.26. The Morgan fingerprint density at radius 2 is 1.63 bits per heavy atom. The Bertz CT molecular complexity index is 1650. The molecule has 6 nitrogen and oxygen atoms in total. The molecule has 1 atom stereocenters. The Labute approximate surface area is 251 Å². The van der Waals surface area contributed by atoms with Gasteiger partial charge < -0.3 is 19.4 Å². The maximum absolute atomic E-state index is 13.6. The number of para-hydroxylation sites is 2. The van der Waals surface area contributed by atoms with Crippen molar-refractivity contribution in [2.75, 3.05) is 39.4 Å². The number of carbonyl (C=O) groups is 1. The van der Waals surface area contributed by atoms with Gasteiger partial charge in [0.05, 0.1) is 13.2 Å². The Morgan fingerprint density at radius 3 is 2.44 bits per heavy atom. The molecule has 1 aliphatic heterocycles. The smallest absolute Gasteiger partial charge is 0.220 e. The summed E-state index contributed by atoms with van der Waals surface area (Å²) in [7, 11) is 0. The lowest BCUT2D eigenvalue weighted by molar-refractivity contribution is -0.121. The highest BCUT2D eigenvalue weighted by atomic mass is 19.1. The number of nitrogens with one attached hydrogen (secondary N) is 1. The molecule has 0 saturated carbocycles. The van der Waals surface area contributed by atoms with Crippen LogP contribution in [0.5, 0.6) is 11.5 Å². The first kappa shape index (κ1) is 28.6. The summed E-state index contributed by atoms with van der Waals surface area (Å²) in [6, 6.07) is 32.6. The van der Waals surface area contributed by atoms with Crippen molar-refractivity contribution < 1.29 is 18.7 Å². The van der Waals surface area contributed by atoms with Crippen LogP contribution in [0.25, 0.3) is 10.9 Å². The fraction of sp³-hybridized carbons (Fsp3) is 0.250. The van der Waals surface area contributed by atoms with Gasteiger partial charge >= 0.3 is 0 Å². The number of nitrogens with zero attached hydrogens (tertiary/aromatic N) is 2. The summed E-state index contributed by atoms with van der Waals surface area (Å²) in [5.41, 5.74) is 4.14. The van der Waals surface area contributed by atoms with E-state index in [9.17, 15) is 9.18 Å². The monoisotopic (exact) mass is 577 g/mol. The molecule has 0 spiro atoms. The predicted molar refractivity (Wildman–Crippen MR) is 167 cm³/mol. The molecule has 5 aromatic rings. The van der Waals surface area contributed by atoms with E-state index in [-0.39, 0.29) is 17.6 Å². The predicted octanol–water partition coefficient (Wildman–Crippen LogP) is 6.59. The molecule has 1 N–H and O–H groups in total. The van der Waals surface area contributed by atoms with Crippen LogP contribution in [0.3, 0.4) is 0 Å². The summed E-state index contributed by atoms with van der Waals surface area (Å²) in [5.74, 6) is 1.02. The Morgan fingerprint density at radius 1 is 0.884 bits per heavy atom. The number of ether oxygens (including phenoxy) is 2. The number of morpholine rings is 1. The van der Waals surface area contributed by atoms with Crippen LogP contribution in [0.15, 0.2) is 109 Å². The second kappa shape index (κ2) is 13.7. The van der Waals surface area contributed by atoms with Crippen molar-refractivity contribution in [1.82, 2.24) is 14.8 Å². The number of carbonyl (C=O) groups excluding carboxylic acids is 1. The maximum atomic E-state index is 13.6. The standard InChI is InChI=1S/C36H36FN3O3/c37-29-15-13-27(14-16-29)25-40-26-34(32-11-4-5-12-35(32)40)33(24-36(41)38-17-18-39-19-21-42-22-20-39)28-7-6-10-31(23-28)43-30-8-2-1-3-9-30/h1-16,23,26,33H,17-22,24-25H2,(H,38,41)/t33-/m1/s1. The quantitative estimate of drug-likeness (QED) is 0.192. The van der Waals surface area contributed by atoms with E-state index in [1.165, 1.54) is 12.1 Å². The van der Waals surface area contributed by atoms with Gasteiger partial charge in [0.2, 0.25) is 5.91 Å². The van der Waals surface area contributed by atoms with Gasteiger partial charge in [-0.3, -0.25) is 9.69 Å². The van der Waals surface area contributed by atoms with E-state index in [1.807, 2.05) is 72.8 Å². The lowest BCUT2D eigenvalue weighted by atomic mass is 9.88. The average molecular weight is 578 g/mol. The van der Waals surface area contributed by atoms with Gasteiger partial charge in [-0.2, -0.15) is 0 Å². The Hall–Kier alpha value is -4.46. The van der Waals surface area contributed by atoms with Crippen LogP contribution < -0.4 is 10.1 Å². The van der Waals surface area contributed by atoms with Crippen LogP contribution in [0.4, 0.5) is 4.39 Å². The van der Waals surface area contributed by atoms with E-state index >= 15 is 0 Å². The van der Waals surface area contributed by atoms with Crippen molar-refractivity contribution >= 4 is 16.8 Å². The van der Waals surface area contributed by atoms with Crippen LogP contribution in [0, 0.1) is 5.82 Å². The third-order valence-electron chi connectivity index (χ3n) is 7.94. The first-order valence-corrected chi connectivity index (χ1v) is 14.8. The maximum Gasteiger partial charge on any atom is 0.220 e. The molecule has 0 unspecified atom stereocenters. The molecule has 0 aliphatic carbocycles. The number of rotatable bonds is 11. The molecule has 1 amide bonds. The molecule has 6 rings (SSSR count). The highest BCUT2D eigenvalue weighted by Gasteiger charge is 2.24. The van der Waals surface area contributed by atoms with Gasteiger partial charge in [0, 0.05) is 62.2 Å². The van der Waals surface area contributed by atoms with Gasteiger partial charge in [0.1, 0.15) is 17.3 Å². The minimum atomic E-state index is -0.251. The first-order chi connectivity index (χ1) is 21.1. The zero-order valence-corrected chi connectivity index (χ0v) is 24.1. The third-order valence-corrected chi connectivity index (χ3v) is 7.94. The van der Waals surface area contributed by atoms with Crippen molar-refractivity contribution in [3.05, 3.63) is 132 Å². The molecular formula is C36H36FN3O3. The zero-order chi connectivity index (χ0) is 29.4. The van der Waals surface area contributed by atoms with Gasteiger partial charge in [0.15, 0.2) is 0 Å². The average Bonchev–Trinajstić information content (AvgIpc) is 3.40. The minimum Gasteiger partial charge on any atom is -0.457 e. The van der Waals surface area contributed by atoms with Crippen molar-refractivity contribution in [1.29, 1.82) is 0 Å². The third kappa shape index (κ3) is 7.31. The molecule has 1 aromatic heterocycles. The van der Waals surface area contributed by atoms with Crippen LogP contribution in [-0.4, -0.2) is 54.8 Å². The zero-order valence-electron chi connectivity index (χ0n) is 24.1. The molecule has 1 saturated heterocycles. The van der Waals surface area contributed by atoms with E-state index in [0.29, 0.717) is 19.5 Å². The lowest BCUT2D eigenvalue weighted by Crippen LogP contribution is -2.41. The Kier molecular flexibility index (Phi) is 9.11. The van der Waals surface area contributed by atoms with E-state index in [4.69, 9.17) is 9.47 Å². The number of hydrogen-bond acceptors (Lipinski definition) is 4. The molecule has 43 heavy (non-hydrogen) atoms. The molecule has 0 radical (unpaired) electrons. The fourth-order valence-electron chi connectivity index (χ4n) is 5.73. The molecule has 7 heteroatoms. The summed E-state index contributed by atoms with van der Waals surface area (Å²) >= 11 is 0. The topological polar surface area (TPSA) is 55.7 Å². The molecule has 2 heterocycles. The molecule has 1 fully saturated rings. The van der Waals surface area contributed by atoms with Gasteiger partial charge in [-0.1, -0.05) is 60.7 Å². The van der Waals surface area contributed by atoms with E-state index in [0.717, 1.165) is 71.9 Å². The summed E-state index contributed by atoms with van der Waals surface area (Å²) in [6.45, 7) is 5.24. The highest BCUT2D eigenvalue weighted by Crippen LogP contribution is 2.37. The second-order valence-corrected chi connectivity index (χ2v) is 10.9. The van der Waals surface area contributed by atoms with Crippen molar-refractivity contribution in [2.45, 2.75) is 18.9 Å². The van der Waals surface area contributed by atoms with Crippen molar-refractivity contribution in [3.63, 3.8) is 0 Å². The SMILES string of the molecule is O=C(C[C@H](c1cccc(Oc2ccccc2)c1)c1cn(Cc2ccc(F)cc2)c2ccccc12)NCCN1CCOCC1. The fourth-order valence-corrected chi connectivity index (χ4v) is 5.73. The van der Waals surface area contributed by atoms with Crippen LogP contribution in [0.2, 0.25) is 0 Å². The van der Waals surface area contributed by atoms with Crippen molar-refractivity contribution in [3.8, 4) is 11.5 Å². The number of benzene rings is 4. The van der Waals surface area contributed by atoms with Gasteiger partial charge in [-0.15, -0.1) is 0 Å². The molecule has 4 aromatic carbocycles. The van der Waals surface area contributed by atoms with Crippen molar-refractivity contribution in [2.24, 2.45) is 0 Å². The van der Waals surface area contributed by atoms with Crippen LogP contribution in [-0.2, 0) is 16.1 Å². The molecule has 1 aliphatic rings. The summed E-state index contributed by atoms with van der Waals surface area (Å²) in [4.78, 5) is 15.8. The largest absolute Gasteiger partial charge is 0.457 e. The van der Waals surface area contributed by atoms with E-state index in [1.54, 1.807) is 0 Å². The van der Waals surface area contributed by atoms with Crippen LogP contribution in [0.1, 0.15) is 29.0 Å². The van der Waals surface area contributed by atoms with E-state index < -0.39 is 0 Å². The number of fused-ring (bicyclic) bond motifs is 1. The van der Waals surface area contributed by atoms with Gasteiger partial charge in [-0.25, -0.2) is 4.39 Å². The van der Waals surface area contributed by atoms with E-state index in [2.05, 4.69) is 39.2 Å². The molecular weight excluding hydrogens is 541 g/mol. The first-order valence-electron chi connectivity index (χ1n) is 14.8. The number of amides is 1. The van der Waals surface area contributed by atoms with Gasteiger partial charge in [0.25, 0.3) is 0 Å². The summed E-state index contributed by atoms with van der Waals surface area (Å²) < 4.78 is 27.4. The normalized spacial score (nSPS) is 14.4. The molecule has 220 valence electrons.